The van der Waals surface area contributed by atoms with Crippen LogP contribution in [-0.4, -0.2) is 48.9 Å². The molecule has 7 nitrogen and oxygen atoms in total. The minimum Gasteiger partial charge on any atom is -0.379 e. The molecule has 1 fully saturated rings. The van der Waals surface area contributed by atoms with Crippen LogP contribution in [0, 0.1) is 12.7 Å². The maximum Gasteiger partial charge on any atom is 0.238 e. The van der Waals surface area contributed by atoms with E-state index in [1.165, 1.54) is 12.1 Å². The van der Waals surface area contributed by atoms with Crippen molar-refractivity contribution in [3.8, 4) is 5.69 Å². The Balaban J connectivity index is 1.73. The van der Waals surface area contributed by atoms with Crippen LogP contribution in [0.25, 0.3) is 5.69 Å². The molecule has 2 aromatic carbocycles. The lowest BCUT2D eigenvalue weighted by atomic mass is 10.1. The number of sulfonamides is 1. The highest BCUT2D eigenvalue weighted by molar-refractivity contribution is 7.89. The second kappa shape index (κ2) is 9.11. The molecule has 9 heteroatoms. The van der Waals surface area contributed by atoms with Crippen molar-refractivity contribution in [1.29, 1.82) is 0 Å². The van der Waals surface area contributed by atoms with Gasteiger partial charge in [0.05, 0.1) is 23.8 Å². The number of primary sulfonamides is 1. The summed E-state index contributed by atoms with van der Waals surface area (Å²) in [5, 5.41) is 9.84. The summed E-state index contributed by atoms with van der Waals surface area (Å²) in [6, 6.07) is 14.0. The fraction of sp³-hybridized carbons (Fsp3) is 0.348. The number of rotatable bonds is 6. The molecule has 0 aliphatic carbocycles. The lowest BCUT2D eigenvalue weighted by Crippen LogP contribution is -2.43. The lowest BCUT2D eigenvalue weighted by Gasteiger charge is -2.32. The molecule has 0 spiro atoms. The van der Waals surface area contributed by atoms with E-state index in [0.717, 1.165) is 35.1 Å². The Bertz CT molecular complexity index is 1230. The molecule has 1 aliphatic rings. The molecule has 1 atom stereocenters. The van der Waals surface area contributed by atoms with E-state index in [9.17, 15) is 12.8 Å². The quantitative estimate of drug-likeness (QED) is 0.614. The van der Waals surface area contributed by atoms with Crippen LogP contribution in [0.4, 0.5) is 4.39 Å². The van der Waals surface area contributed by atoms with Crippen molar-refractivity contribution >= 4 is 10.0 Å². The molecule has 0 amide bonds. The molecular formula is C23H27FN4O3S. The average molecular weight is 459 g/mol. The highest BCUT2D eigenvalue weighted by atomic mass is 32.2. The maximum atomic E-state index is 15.0. The summed E-state index contributed by atoms with van der Waals surface area (Å²) in [4.78, 5) is 2.01. The van der Waals surface area contributed by atoms with Gasteiger partial charge in [-0.3, -0.25) is 4.90 Å². The minimum absolute atomic E-state index is 0.182. The molecule has 0 radical (unpaired) electrons. The van der Waals surface area contributed by atoms with Gasteiger partial charge in [0.25, 0.3) is 0 Å². The number of hydrogen-bond donors (Lipinski definition) is 1. The van der Waals surface area contributed by atoms with Crippen LogP contribution in [0.1, 0.15) is 29.4 Å². The molecule has 1 saturated heterocycles. The predicted octanol–water partition coefficient (Wildman–Crippen LogP) is 2.78. The average Bonchev–Trinajstić information content (AvgIpc) is 3.11. The van der Waals surface area contributed by atoms with Crippen LogP contribution >= 0.6 is 0 Å². The zero-order chi connectivity index (χ0) is 22.9. The van der Waals surface area contributed by atoms with Crippen LogP contribution in [0.5, 0.6) is 0 Å². The third-order valence-corrected chi connectivity index (χ3v) is 6.56. The van der Waals surface area contributed by atoms with E-state index in [1.54, 1.807) is 4.68 Å². The number of aromatic nitrogens is 2. The molecule has 4 rings (SSSR count). The van der Waals surface area contributed by atoms with Crippen molar-refractivity contribution in [1.82, 2.24) is 14.7 Å². The molecule has 170 valence electrons. The Morgan fingerprint density at radius 2 is 2.03 bits per heavy atom. The third kappa shape index (κ3) is 5.07. The molecule has 0 saturated carbocycles. The fourth-order valence-electron chi connectivity index (χ4n) is 3.96. The van der Waals surface area contributed by atoms with Crippen molar-refractivity contribution in [3.63, 3.8) is 0 Å². The Hall–Kier alpha value is -2.59. The summed E-state index contributed by atoms with van der Waals surface area (Å²) in [5.74, 6) is -0.698. The number of nitrogens with two attached hydrogens (primary N) is 1. The summed E-state index contributed by atoms with van der Waals surface area (Å²) in [7, 11) is -4.00. The first-order chi connectivity index (χ1) is 15.2. The standard InChI is InChI=1S/C23H27FN4O3S/c1-16-4-3-5-18(10-16)11-20-12-19(14-27-8-9-31-15-17(27)2)26-28(20)23-7-6-21(13-22(23)24)32(25,29)30/h3-7,10,12-13,17H,8-9,11,14-15H2,1-2H3,(H2,25,29,30). The van der Waals surface area contributed by atoms with Gasteiger partial charge in [0.1, 0.15) is 11.5 Å². The molecule has 2 heterocycles. The molecule has 1 aliphatic heterocycles. The van der Waals surface area contributed by atoms with Crippen molar-refractivity contribution in [2.24, 2.45) is 5.14 Å². The monoisotopic (exact) mass is 458 g/mol. The summed E-state index contributed by atoms with van der Waals surface area (Å²) in [6.07, 6.45) is 0.559. The third-order valence-electron chi connectivity index (χ3n) is 5.65. The largest absolute Gasteiger partial charge is 0.379 e. The number of ether oxygens (including phenoxy) is 1. The molecular weight excluding hydrogens is 431 g/mol. The van der Waals surface area contributed by atoms with E-state index in [1.807, 2.05) is 31.2 Å². The smallest absolute Gasteiger partial charge is 0.238 e. The summed E-state index contributed by atoms with van der Waals surface area (Å²) in [6.45, 7) is 6.90. The van der Waals surface area contributed by atoms with Gasteiger partial charge in [0.2, 0.25) is 10.0 Å². The Labute approximate surface area is 187 Å². The number of benzene rings is 2. The van der Waals surface area contributed by atoms with E-state index in [4.69, 9.17) is 15.0 Å². The van der Waals surface area contributed by atoms with Crippen LogP contribution in [0.3, 0.4) is 0 Å². The van der Waals surface area contributed by atoms with E-state index in [0.29, 0.717) is 26.2 Å². The zero-order valence-electron chi connectivity index (χ0n) is 18.2. The summed E-state index contributed by atoms with van der Waals surface area (Å²) < 4.78 is 45.3. The number of hydrogen-bond acceptors (Lipinski definition) is 5. The van der Waals surface area contributed by atoms with Gasteiger partial charge in [-0.2, -0.15) is 5.10 Å². The molecule has 3 aromatic rings. The van der Waals surface area contributed by atoms with Gasteiger partial charge in [0.15, 0.2) is 0 Å². The maximum absolute atomic E-state index is 15.0. The number of aryl methyl sites for hydroxylation is 1. The molecule has 0 bridgehead atoms. The molecule has 32 heavy (non-hydrogen) atoms. The first-order valence-electron chi connectivity index (χ1n) is 10.5. The lowest BCUT2D eigenvalue weighted by molar-refractivity contribution is -0.00494. The number of morpholine rings is 1. The first kappa shape index (κ1) is 22.6. The van der Waals surface area contributed by atoms with Gasteiger partial charge < -0.3 is 4.74 Å². The zero-order valence-corrected chi connectivity index (χ0v) is 19.0. The Kier molecular flexibility index (Phi) is 6.43. The van der Waals surface area contributed by atoms with Crippen LogP contribution < -0.4 is 5.14 Å². The van der Waals surface area contributed by atoms with Gasteiger partial charge in [-0.05, 0) is 43.7 Å². The molecule has 2 N–H and O–H groups in total. The van der Waals surface area contributed by atoms with Crippen LogP contribution in [0.15, 0.2) is 53.4 Å². The van der Waals surface area contributed by atoms with E-state index >= 15 is 0 Å². The first-order valence-corrected chi connectivity index (χ1v) is 12.0. The van der Waals surface area contributed by atoms with Crippen LogP contribution in [0.2, 0.25) is 0 Å². The van der Waals surface area contributed by atoms with Gasteiger partial charge in [-0.25, -0.2) is 22.6 Å². The second-order valence-corrected chi connectivity index (χ2v) is 9.82. The van der Waals surface area contributed by atoms with E-state index < -0.39 is 15.8 Å². The minimum atomic E-state index is -4.00. The SMILES string of the molecule is Cc1cccc(Cc2cc(CN3CCOCC3C)nn2-c2ccc(S(N)(=O)=O)cc2F)c1. The highest BCUT2D eigenvalue weighted by Gasteiger charge is 2.22. The summed E-state index contributed by atoms with van der Waals surface area (Å²) >= 11 is 0. The van der Waals surface area contributed by atoms with Gasteiger partial charge in [-0.15, -0.1) is 0 Å². The fourth-order valence-corrected chi connectivity index (χ4v) is 4.48. The van der Waals surface area contributed by atoms with Crippen molar-refractivity contribution < 1.29 is 17.5 Å². The van der Waals surface area contributed by atoms with Gasteiger partial charge in [-0.1, -0.05) is 29.8 Å². The normalized spacial score (nSPS) is 17.6. The van der Waals surface area contributed by atoms with E-state index in [-0.39, 0.29) is 16.6 Å². The Morgan fingerprint density at radius 1 is 1.22 bits per heavy atom. The van der Waals surface area contributed by atoms with E-state index in [2.05, 4.69) is 17.9 Å². The summed E-state index contributed by atoms with van der Waals surface area (Å²) in [5.41, 5.74) is 4.03. The number of halogens is 1. The molecule has 1 aromatic heterocycles. The predicted molar refractivity (Wildman–Crippen MR) is 120 cm³/mol. The van der Waals surface area contributed by atoms with Crippen molar-refractivity contribution in [3.05, 3.63) is 76.9 Å². The second-order valence-electron chi connectivity index (χ2n) is 8.26. The van der Waals surface area contributed by atoms with Crippen LogP contribution in [-0.2, 0) is 27.7 Å². The Morgan fingerprint density at radius 3 is 2.72 bits per heavy atom. The van der Waals surface area contributed by atoms with Crippen molar-refractivity contribution in [2.45, 2.75) is 37.8 Å². The number of nitrogens with zero attached hydrogens (tertiary/aromatic N) is 3. The van der Waals surface area contributed by atoms with Gasteiger partial charge in [0, 0.05) is 31.2 Å². The topological polar surface area (TPSA) is 90.4 Å². The van der Waals surface area contributed by atoms with Gasteiger partial charge >= 0.3 is 0 Å². The highest BCUT2D eigenvalue weighted by Crippen LogP contribution is 2.23. The molecule has 1 unspecified atom stereocenters. The van der Waals surface area contributed by atoms with Crippen molar-refractivity contribution in [2.75, 3.05) is 19.8 Å².